The summed E-state index contributed by atoms with van der Waals surface area (Å²) >= 11 is 0. The van der Waals surface area contributed by atoms with E-state index in [1.54, 1.807) is 0 Å². The molecule has 0 aliphatic heterocycles. The SMILES string of the molecule is C=C1C[C@@H]2[C@H](C=C[C@H](CCCCC)O[Si](C)(C)C(C)(C)C)[C@H](O[Si](C)(C)C(C)(C)C)C[C@@H]2C1OS(C)(=O)=O. The maximum absolute atomic E-state index is 12.1. The van der Waals surface area contributed by atoms with Crippen LogP contribution < -0.4 is 0 Å². The van der Waals surface area contributed by atoms with E-state index in [1.165, 1.54) is 12.8 Å². The third kappa shape index (κ3) is 8.62. The Bertz CT molecular complexity index is 943. The lowest BCUT2D eigenvalue weighted by Crippen LogP contribution is -2.45. The average Bonchev–Trinajstić information content (AvgIpc) is 3.18. The zero-order valence-corrected chi connectivity index (χ0v) is 29.3. The summed E-state index contributed by atoms with van der Waals surface area (Å²) in [6.45, 7) is 29.4. The molecule has 0 radical (unpaired) electrons. The minimum Gasteiger partial charge on any atom is -0.413 e. The predicted octanol–water partition coefficient (Wildman–Crippen LogP) is 8.46. The lowest BCUT2D eigenvalue weighted by Gasteiger charge is -2.40. The Balaban J connectivity index is 2.40. The Hall–Kier alpha value is -0.256. The molecule has 0 bridgehead atoms. The molecule has 0 saturated heterocycles. The first-order valence-corrected chi connectivity index (χ1v) is 22.3. The smallest absolute Gasteiger partial charge is 0.264 e. The molecule has 5 nitrogen and oxygen atoms in total. The zero-order chi connectivity index (χ0) is 29.3. The Morgan fingerprint density at radius 1 is 1.00 bits per heavy atom. The van der Waals surface area contributed by atoms with Gasteiger partial charge in [-0.2, -0.15) is 8.42 Å². The van der Waals surface area contributed by atoms with Gasteiger partial charge in [-0.15, -0.1) is 0 Å². The van der Waals surface area contributed by atoms with Gasteiger partial charge in [0, 0.05) is 5.92 Å². The fourth-order valence-corrected chi connectivity index (χ4v) is 8.72. The standard InChI is InChI=1S/C30H58O5SSi2/c1-14-15-16-17-23(34-37(10,11)29(3,4)5)18-19-24-25-20-22(2)28(33-36(9,31)32)26(25)21-27(24)35-38(12,13)30(6,7)8/h18-19,23-28H,2,14-17,20-21H2,1,3-13H3/t23-,24-,25+,26-,27+,28?/m0/s1. The average molecular weight is 587 g/mol. The van der Waals surface area contributed by atoms with Crippen LogP contribution in [-0.4, -0.2) is 49.6 Å². The van der Waals surface area contributed by atoms with E-state index in [4.69, 9.17) is 13.0 Å². The predicted molar refractivity (Wildman–Crippen MR) is 166 cm³/mol. The normalized spacial score (nSPS) is 28.3. The van der Waals surface area contributed by atoms with Crippen LogP contribution in [-0.2, 0) is 23.2 Å². The molecule has 2 rings (SSSR count). The summed E-state index contributed by atoms with van der Waals surface area (Å²) in [5.74, 6) is 0.557. The van der Waals surface area contributed by atoms with Crippen molar-refractivity contribution in [1.29, 1.82) is 0 Å². The van der Waals surface area contributed by atoms with Gasteiger partial charge >= 0.3 is 0 Å². The number of hydrogen-bond donors (Lipinski definition) is 0. The van der Waals surface area contributed by atoms with Gasteiger partial charge in [0.2, 0.25) is 0 Å². The minimum absolute atomic E-state index is 0.0464. The molecule has 0 heterocycles. The first-order valence-electron chi connectivity index (χ1n) is 14.7. The molecule has 0 aromatic carbocycles. The highest BCUT2D eigenvalue weighted by molar-refractivity contribution is 7.86. The summed E-state index contributed by atoms with van der Waals surface area (Å²) in [5.41, 5.74) is 0.895. The van der Waals surface area contributed by atoms with Gasteiger partial charge in [-0.1, -0.05) is 86.5 Å². The van der Waals surface area contributed by atoms with Crippen LogP contribution in [0.2, 0.25) is 36.3 Å². The van der Waals surface area contributed by atoms with Gasteiger partial charge in [-0.05, 0) is 72.9 Å². The molecule has 0 N–H and O–H groups in total. The van der Waals surface area contributed by atoms with Gasteiger partial charge in [0.15, 0.2) is 16.6 Å². The molecular formula is C30H58O5SSi2. The summed E-state index contributed by atoms with van der Waals surface area (Å²) in [5, 5.41) is 0.245. The Labute approximate surface area is 237 Å². The zero-order valence-electron chi connectivity index (χ0n) is 26.5. The Morgan fingerprint density at radius 3 is 2.08 bits per heavy atom. The maximum Gasteiger partial charge on any atom is 0.264 e. The van der Waals surface area contributed by atoms with Crippen molar-refractivity contribution in [2.24, 2.45) is 17.8 Å². The molecule has 0 aromatic heterocycles. The van der Waals surface area contributed by atoms with Crippen molar-refractivity contribution in [3.63, 3.8) is 0 Å². The number of hydrogen-bond acceptors (Lipinski definition) is 5. The fourth-order valence-electron chi connectivity index (χ4n) is 5.39. The molecule has 2 saturated carbocycles. The summed E-state index contributed by atoms with van der Waals surface area (Å²) in [6, 6.07) is 0. The van der Waals surface area contributed by atoms with Crippen LogP contribution >= 0.6 is 0 Å². The number of fused-ring (bicyclic) bond motifs is 1. The molecule has 222 valence electrons. The molecule has 6 atom stereocenters. The highest BCUT2D eigenvalue weighted by Crippen LogP contribution is 2.54. The van der Waals surface area contributed by atoms with Gasteiger partial charge in [-0.3, -0.25) is 4.18 Å². The molecule has 0 amide bonds. The van der Waals surface area contributed by atoms with Crippen molar-refractivity contribution >= 4 is 26.8 Å². The molecule has 2 aliphatic carbocycles. The highest BCUT2D eigenvalue weighted by Gasteiger charge is 2.54. The molecule has 2 fully saturated rings. The lowest BCUT2D eigenvalue weighted by atomic mass is 9.90. The Kier molecular flexibility index (Phi) is 11.0. The van der Waals surface area contributed by atoms with E-state index < -0.39 is 32.9 Å². The minimum atomic E-state index is -3.57. The van der Waals surface area contributed by atoms with Crippen LogP contribution in [0.1, 0.15) is 87.0 Å². The number of rotatable bonds is 12. The van der Waals surface area contributed by atoms with Crippen LogP contribution in [0.15, 0.2) is 24.3 Å². The third-order valence-electron chi connectivity index (χ3n) is 9.69. The summed E-state index contributed by atoms with van der Waals surface area (Å²) in [7, 11) is -7.54. The summed E-state index contributed by atoms with van der Waals surface area (Å²) < 4.78 is 43.7. The van der Waals surface area contributed by atoms with Crippen molar-refractivity contribution in [2.75, 3.05) is 6.26 Å². The monoisotopic (exact) mass is 586 g/mol. The van der Waals surface area contributed by atoms with E-state index in [-0.39, 0.29) is 40.0 Å². The summed E-state index contributed by atoms with van der Waals surface area (Å²) in [6.07, 6.45) is 11.7. The van der Waals surface area contributed by atoms with E-state index in [0.29, 0.717) is 0 Å². The lowest BCUT2D eigenvalue weighted by molar-refractivity contribution is 0.139. The molecule has 0 spiro atoms. The fraction of sp³-hybridized carbons (Fsp3) is 0.867. The van der Waals surface area contributed by atoms with Crippen LogP contribution in [0.4, 0.5) is 0 Å². The summed E-state index contributed by atoms with van der Waals surface area (Å²) in [4.78, 5) is 0. The van der Waals surface area contributed by atoms with Crippen LogP contribution in [0.3, 0.4) is 0 Å². The third-order valence-corrected chi connectivity index (χ3v) is 19.3. The van der Waals surface area contributed by atoms with Gasteiger partial charge in [0.1, 0.15) is 6.10 Å². The van der Waals surface area contributed by atoms with Crippen LogP contribution in [0, 0.1) is 17.8 Å². The van der Waals surface area contributed by atoms with Gasteiger partial charge in [0.25, 0.3) is 10.1 Å². The van der Waals surface area contributed by atoms with E-state index in [2.05, 4.69) is 93.4 Å². The second-order valence-corrected chi connectivity index (χ2v) is 26.1. The molecule has 8 heteroatoms. The van der Waals surface area contributed by atoms with Crippen molar-refractivity contribution in [1.82, 2.24) is 0 Å². The van der Waals surface area contributed by atoms with Gasteiger partial charge in [0.05, 0.1) is 18.5 Å². The van der Waals surface area contributed by atoms with Gasteiger partial charge in [-0.25, -0.2) is 0 Å². The maximum atomic E-state index is 12.1. The molecule has 38 heavy (non-hydrogen) atoms. The van der Waals surface area contributed by atoms with Crippen molar-refractivity contribution in [3.8, 4) is 0 Å². The van der Waals surface area contributed by atoms with E-state index in [1.807, 2.05) is 0 Å². The molecule has 2 aliphatic rings. The molecule has 0 aromatic rings. The van der Waals surface area contributed by atoms with E-state index in [9.17, 15) is 8.42 Å². The quantitative estimate of drug-likeness (QED) is 0.0993. The van der Waals surface area contributed by atoms with Crippen LogP contribution in [0.25, 0.3) is 0 Å². The topological polar surface area (TPSA) is 61.8 Å². The largest absolute Gasteiger partial charge is 0.413 e. The van der Waals surface area contributed by atoms with Crippen molar-refractivity contribution < 1.29 is 21.5 Å². The van der Waals surface area contributed by atoms with Crippen molar-refractivity contribution in [2.45, 2.75) is 142 Å². The van der Waals surface area contributed by atoms with E-state index in [0.717, 1.165) is 37.5 Å². The highest BCUT2D eigenvalue weighted by atomic mass is 32.2. The first-order chi connectivity index (χ1) is 17.1. The Morgan fingerprint density at radius 2 is 1.58 bits per heavy atom. The van der Waals surface area contributed by atoms with E-state index >= 15 is 0 Å². The second kappa shape index (κ2) is 12.3. The number of unbranched alkanes of at least 4 members (excludes halogenated alkanes) is 2. The second-order valence-electron chi connectivity index (χ2n) is 14.9. The van der Waals surface area contributed by atoms with Gasteiger partial charge < -0.3 is 8.85 Å². The van der Waals surface area contributed by atoms with Crippen molar-refractivity contribution in [3.05, 3.63) is 24.3 Å². The molecular weight excluding hydrogens is 529 g/mol. The first kappa shape index (κ1) is 33.9. The van der Waals surface area contributed by atoms with Crippen LogP contribution in [0.5, 0.6) is 0 Å². The molecule has 1 unspecified atom stereocenters.